The molecule has 0 saturated carbocycles. The Hall–Kier alpha value is -1.07. The third kappa shape index (κ3) is 3.70. The molecule has 1 aliphatic carbocycles. The standard InChI is InChI=1S/C14H21NO3S/c1-2-19(16,17)9-3-8-18-12-5-6-13-11(10-12)4-7-14(13)15/h5-6,10,14H,2-4,7-9,15H2,1H3/t14-/m0/s1. The Morgan fingerprint density at radius 1 is 1.42 bits per heavy atom. The van der Waals surface area contributed by atoms with Crippen LogP contribution >= 0.6 is 0 Å². The zero-order valence-electron chi connectivity index (χ0n) is 11.3. The van der Waals surface area contributed by atoms with E-state index >= 15 is 0 Å². The molecule has 2 rings (SSSR count). The molecule has 0 spiro atoms. The molecule has 106 valence electrons. The van der Waals surface area contributed by atoms with Crippen molar-refractivity contribution in [2.45, 2.75) is 32.2 Å². The van der Waals surface area contributed by atoms with Gasteiger partial charge in [0, 0.05) is 11.8 Å². The lowest BCUT2D eigenvalue weighted by atomic mass is 10.1. The number of sulfone groups is 1. The Balaban J connectivity index is 1.85. The van der Waals surface area contributed by atoms with Crippen LogP contribution in [0.4, 0.5) is 0 Å². The van der Waals surface area contributed by atoms with E-state index in [1.807, 2.05) is 18.2 Å². The van der Waals surface area contributed by atoms with Gasteiger partial charge in [0.2, 0.25) is 0 Å². The number of hydrogen-bond acceptors (Lipinski definition) is 4. The first-order valence-electron chi connectivity index (χ1n) is 6.73. The van der Waals surface area contributed by atoms with Crippen LogP contribution in [0.5, 0.6) is 5.75 Å². The molecule has 4 nitrogen and oxygen atoms in total. The zero-order chi connectivity index (χ0) is 13.9. The van der Waals surface area contributed by atoms with Crippen molar-refractivity contribution in [2.75, 3.05) is 18.1 Å². The molecule has 5 heteroatoms. The molecule has 0 radical (unpaired) electrons. The molecule has 19 heavy (non-hydrogen) atoms. The van der Waals surface area contributed by atoms with Crippen molar-refractivity contribution in [3.05, 3.63) is 29.3 Å². The summed E-state index contributed by atoms with van der Waals surface area (Å²) in [6, 6.07) is 6.11. The molecule has 0 heterocycles. The molecule has 0 aromatic heterocycles. The van der Waals surface area contributed by atoms with Gasteiger partial charge in [0.05, 0.1) is 12.4 Å². The van der Waals surface area contributed by atoms with Crippen LogP contribution in [0.25, 0.3) is 0 Å². The minimum Gasteiger partial charge on any atom is -0.494 e. The number of fused-ring (bicyclic) bond motifs is 1. The lowest BCUT2D eigenvalue weighted by molar-refractivity contribution is 0.317. The average Bonchev–Trinajstić information content (AvgIpc) is 2.76. The first kappa shape index (κ1) is 14.3. The molecule has 0 saturated heterocycles. The predicted molar refractivity (Wildman–Crippen MR) is 76.1 cm³/mol. The molecule has 0 unspecified atom stereocenters. The lowest BCUT2D eigenvalue weighted by Crippen LogP contribution is -2.12. The Labute approximate surface area is 114 Å². The van der Waals surface area contributed by atoms with Crippen molar-refractivity contribution < 1.29 is 13.2 Å². The van der Waals surface area contributed by atoms with Gasteiger partial charge in [0.15, 0.2) is 0 Å². The number of aryl methyl sites for hydroxylation is 1. The van der Waals surface area contributed by atoms with Gasteiger partial charge in [-0.25, -0.2) is 8.42 Å². The Morgan fingerprint density at radius 3 is 2.95 bits per heavy atom. The Morgan fingerprint density at radius 2 is 2.21 bits per heavy atom. The molecular weight excluding hydrogens is 262 g/mol. The van der Waals surface area contributed by atoms with E-state index in [1.54, 1.807) is 6.92 Å². The maximum atomic E-state index is 11.3. The average molecular weight is 283 g/mol. The van der Waals surface area contributed by atoms with Crippen LogP contribution in [-0.2, 0) is 16.3 Å². The van der Waals surface area contributed by atoms with Gasteiger partial charge in [-0.2, -0.15) is 0 Å². The maximum Gasteiger partial charge on any atom is 0.150 e. The minimum absolute atomic E-state index is 0.152. The largest absolute Gasteiger partial charge is 0.494 e. The molecule has 1 aromatic rings. The van der Waals surface area contributed by atoms with Gasteiger partial charge in [-0.15, -0.1) is 0 Å². The second-order valence-corrected chi connectivity index (χ2v) is 7.42. The summed E-state index contributed by atoms with van der Waals surface area (Å²) in [5.74, 6) is 1.20. The van der Waals surface area contributed by atoms with Crippen LogP contribution in [0.2, 0.25) is 0 Å². The van der Waals surface area contributed by atoms with Crippen LogP contribution in [0.1, 0.15) is 36.9 Å². The van der Waals surface area contributed by atoms with Gasteiger partial charge in [-0.1, -0.05) is 13.0 Å². The third-order valence-corrected chi connectivity index (χ3v) is 5.34. The summed E-state index contributed by atoms with van der Waals surface area (Å²) in [4.78, 5) is 0. The van der Waals surface area contributed by atoms with Gasteiger partial charge in [0.25, 0.3) is 0 Å². The van der Waals surface area contributed by atoms with Crippen molar-refractivity contribution in [3.8, 4) is 5.75 Å². The molecule has 2 N–H and O–H groups in total. The third-order valence-electron chi connectivity index (χ3n) is 3.55. The quantitative estimate of drug-likeness (QED) is 0.809. The summed E-state index contributed by atoms with van der Waals surface area (Å²) >= 11 is 0. The number of nitrogens with two attached hydrogens (primary N) is 1. The second kappa shape index (κ2) is 5.92. The first-order chi connectivity index (χ1) is 9.02. The SMILES string of the molecule is CCS(=O)(=O)CCCOc1ccc2c(c1)CC[C@@H]2N. The van der Waals surface area contributed by atoms with Crippen LogP contribution in [-0.4, -0.2) is 26.5 Å². The fourth-order valence-electron chi connectivity index (χ4n) is 2.33. The van der Waals surface area contributed by atoms with Crippen LogP contribution in [0.3, 0.4) is 0 Å². The van der Waals surface area contributed by atoms with Gasteiger partial charge in [0.1, 0.15) is 15.6 Å². The number of ether oxygens (including phenoxy) is 1. The normalized spacial score (nSPS) is 18.3. The highest BCUT2D eigenvalue weighted by Gasteiger charge is 2.19. The number of hydrogen-bond donors (Lipinski definition) is 1. The summed E-state index contributed by atoms with van der Waals surface area (Å²) in [6.07, 6.45) is 2.53. The lowest BCUT2D eigenvalue weighted by Gasteiger charge is -2.09. The van der Waals surface area contributed by atoms with E-state index in [4.69, 9.17) is 10.5 Å². The highest BCUT2D eigenvalue weighted by molar-refractivity contribution is 7.91. The molecule has 0 amide bonds. The van der Waals surface area contributed by atoms with Crippen LogP contribution in [0, 0.1) is 0 Å². The number of rotatable bonds is 6. The van der Waals surface area contributed by atoms with Gasteiger partial charge in [-0.3, -0.25) is 0 Å². The van der Waals surface area contributed by atoms with Crippen molar-refractivity contribution in [2.24, 2.45) is 5.73 Å². The van der Waals surface area contributed by atoms with Crippen molar-refractivity contribution in [3.63, 3.8) is 0 Å². The summed E-state index contributed by atoms with van der Waals surface area (Å²) in [6.45, 7) is 2.10. The topological polar surface area (TPSA) is 69.4 Å². The van der Waals surface area contributed by atoms with E-state index in [1.165, 1.54) is 11.1 Å². The highest BCUT2D eigenvalue weighted by atomic mass is 32.2. The van der Waals surface area contributed by atoms with E-state index < -0.39 is 9.84 Å². The monoisotopic (exact) mass is 283 g/mol. The maximum absolute atomic E-state index is 11.3. The van der Waals surface area contributed by atoms with Gasteiger partial charge >= 0.3 is 0 Å². The van der Waals surface area contributed by atoms with E-state index in [0.29, 0.717) is 13.0 Å². The van der Waals surface area contributed by atoms with Crippen LogP contribution < -0.4 is 10.5 Å². The summed E-state index contributed by atoms with van der Waals surface area (Å²) < 4.78 is 28.3. The smallest absolute Gasteiger partial charge is 0.150 e. The Bertz CT molecular complexity index is 540. The predicted octanol–water partition coefficient (Wildman–Crippen LogP) is 1.84. The first-order valence-corrected chi connectivity index (χ1v) is 8.55. The highest BCUT2D eigenvalue weighted by Crippen LogP contribution is 2.31. The van der Waals surface area contributed by atoms with Crippen molar-refractivity contribution in [1.82, 2.24) is 0 Å². The molecule has 1 aromatic carbocycles. The molecule has 1 atom stereocenters. The summed E-state index contributed by atoms with van der Waals surface area (Å²) in [5, 5.41) is 0. The number of benzene rings is 1. The van der Waals surface area contributed by atoms with Gasteiger partial charge in [-0.05, 0) is 42.5 Å². The van der Waals surface area contributed by atoms with E-state index in [2.05, 4.69) is 0 Å². The van der Waals surface area contributed by atoms with E-state index in [9.17, 15) is 8.42 Å². The van der Waals surface area contributed by atoms with Gasteiger partial charge < -0.3 is 10.5 Å². The Kier molecular flexibility index (Phi) is 4.47. The van der Waals surface area contributed by atoms with E-state index in [-0.39, 0.29) is 17.5 Å². The van der Waals surface area contributed by atoms with Crippen LogP contribution in [0.15, 0.2) is 18.2 Å². The fraction of sp³-hybridized carbons (Fsp3) is 0.571. The molecule has 0 aliphatic heterocycles. The van der Waals surface area contributed by atoms with E-state index in [0.717, 1.165) is 18.6 Å². The van der Waals surface area contributed by atoms with Crippen molar-refractivity contribution >= 4 is 9.84 Å². The molecule has 0 bridgehead atoms. The molecule has 1 aliphatic rings. The second-order valence-electron chi connectivity index (χ2n) is 4.94. The minimum atomic E-state index is -2.89. The molecular formula is C14H21NO3S. The summed E-state index contributed by atoms with van der Waals surface area (Å²) in [7, 11) is -2.89. The zero-order valence-corrected chi connectivity index (χ0v) is 12.1. The van der Waals surface area contributed by atoms with Crippen molar-refractivity contribution in [1.29, 1.82) is 0 Å². The fourth-order valence-corrected chi connectivity index (χ4v) is 3.18. The summed E-state index contributed by atoms with van der Waals surface area (Å²) in [5.41, 5.74) is 8.44. The molecule has 0 fully saturated rings.